The van der Waals surface area contributed by atoms with E-state index in [2.05, 4.69) is 20.8 Å². The second-order valence-electron chi connectivity index (χ2n) is 7.34. The second-order valence-corrected chi connectivity index (χ2v) is 10.2. The summed E-state index contributed by atoms with van der Waals surface area (Å²) in [6.07, 6.45) is 1.40. The van der Waals surface area contributed by atoms with E-state index < -0.39 is 10.1 Å². The Kier molecular flexibility index (Phi) is 6.66. The van der Waals surface area contributed by atoms with E-state index in [0.29, 0.717) is 16.4 Å². The molecule has 9 nitrogen and oxygen atoms in total. The van der Waals surface area contributed by atoms with Crippen molar-refractivity contribution in [1.29, 1.82) is 0 Å². The minimum Gasteiger partial charge on any atom is -0.378 e. The molecule has 1 saturated heterocycles. The summed E-state index contributed by atoms with van der Waals surface area (Å²) in [5.41, 5.74) is 0.888. The lowest BCUT2D eigenvalue weighted by molar-refractivity contribution is -0.118. The number of rotatable bonds is 6. The van der Waals surface area contributed by atoms with Crippen molar-refractivity contribution in [2.45, 2.75) is 24.0 Å². The first-order chi connectivity index (χ1) is 16.2. The number of amidine groups is 1. The molecular weight excluding hydrogens is 476 g/mol. The van der Waals surface area contributed by atoms with Crippen molar-refractivity contribution in [2.24, 2.45) is 10.2 Å². The number of nitrogens with zero attached hydrogens (tertiary/aromatic N) is 2. The fraction of sp³-hybridized carbons (Fsp3) is 0.130. The molecule has 2 amide bonds. The number of amides is 2. The quantitative estimate of drug-likeness (QED) is 0.306. The SMILES string of the molecule is CC(=O)Nc1ccc(S(=O)(=O)Oc2ccc3ccccc3c2/C=N/N=C2\NC(=O)C(C)S2)cc1. The highest BCUT2D eigenvalue weighted by Crippen LogP contribution is 2.29. The van der Waals surface area contributed by atoms with Crippen molar-refractivity contribution >= 4 is 61.5 Å². The van der Waals surface area contributed by atoms with E-state index in [1.807, 2.05) is 24.3 Å². The molecule has 1 fully saturated rings. The van der Waals surface area contributed by atoms with Crippen LogP contribution >= 0.6 is 11.8 Å². The molecule has 0 aromatic heterocycles. The van der Waals surface area contributed by atoms with Crippen molar-refractivity contribution in [3.05, 3.63) is 66.2 Å². The topological polar surface area (TPSA) is 126 Å². The van der Waals surface area contributed by atoms with Crippen LogP contribution in [0.4, 0.5) is 5.69 Å². The van der Waals surface area contributed by atoms with Crippen LogP contribution in [0.15, 0.2) is 75.8 Å². The molecule has 0 aliphatic carbocycles. The molecule has 11 heteroatoms. The Morgan fingerprint density at radius 1 is 1.12 bits per heavy atom. The minimum atomic E-state index is -4.18. The van der Waals surface area contributed by atoms with Gasteiger partial charge in [-0.05, 0) is 48.0 Å². The molecule has 4 rings (SSSR count). The Hall–Kier alpha value is -3.70. The first-order valence-corrected chi connectivity index (χ1v) is 12.4. The monoisotopic (exact) mass is 496 g/mol. The third-order valence-corrected chi connectivity index (χ3v) is 7.04. The summed E-state index contributed by atoms with van der Waals surface area (Å²) >= 11 is 1.25. The van der Waals surface area contributed by atoms with E-state index >= 15 is 0 Å². The van der Waals surface area contributed by atoms with E-state index in [9.17, 15) is 18.0 Å². The van der Waals surface area contributed by atoms with Crippen LogP contribution in [-0.2, 0) is 19.7 Å². The Morgan fingerprint density at radius 3 is 2.53 bits per heavy atom. The molecule has 3 aromatic carbocycles. The summed E-state index contributed by atoms with van der Waals surface area (Å²) in [7, 11) is -4.18. The van der Waals surface area contributed by atoms with Gasteiger partial charge >= 0.3 is 10.1 Å². The van der Waals surface area contributed by atoms with Gasteiger partial charge in [0.25, 0.3) is 0 Å². The average Bonchev–Trinajstić information content (AvgIpc) is 3.11. The van der Waals surface area contributed by atoms with Crippen LogP contribution in [0.3, 0.4) is 0 Å². The first kappa shape index (κ1) is 23.5. The Labute approximate surface area is 200 Å². The zero-order valence-electron chi connectivity index (χ0n) is 18.2. The van der Waals surface area contributed by atoms with Crippen LogP contribution in [0.25, 0.3) is 10.8 Å². The number of thioether (sulfide) groups is 1. The van der Waals surface area contributed by atoms with Crippen LogP contribution in [0.2, 0.25) is 0 Å². The highest BCUT2D eigenvalue weighted by atomic mass is 32.2. The number of carbonyl (C=O) groups excluding carboxylic acids is 2. The molecule has 0 bridgehead atoms. The molecule has 1 heterocycles. The normalized spacial score (nSPS) is 17.3. The number of nitrogens with one attached hydrogen (secondary N) is 2. The molecule has 34 heavy (non-hydrogen) atoms. The van der Waals surface area contributed by atoms with Crippen molar-refractivity contribution in [1.82, 2.24) is 5.32 Å². The lowest BCUT2D eigenvalue weighted by Gasteiger charge is -2.12. The zero-order valence-corrected chi connectivity index (χ0v) is 19.8. The maximum atomic E-state index is 12.9. The predicted molar refractivity (Wildman–Crippen MR) is 133 cm³/mol. The fourth-order valence-electron chi connectivity index (χ4n) is 3.20. The smallest absolute Gasteiger partial charge is 0.339 e. The summed E-state index contributed by atoms with van der Waals surface area (Å²) < 4.78 is 31.4. The summed E-state index contributed by atoms with van der Waals surface area (Å²) in [6.45, 7) is 3.12. The second kappa shape index (κ2) is 9.65. The third-order valence-electron chi connectivity index (χ3n) is 4.82. The molecular formula is C23H20N4O5S2. The number of hydrogen-bond acceptors (Lipinski definition) is 8. The number of anilines is 1. The van der Waals surface area contributed by atoms with Crippen molar-refractivity contribution < 1.29 is 22.2 Å². The number of fused-ring (bicyclic) bond motifs is 1. The Bertz CT molecular complexity index is 1430. The van der Waals surface area contributed by atoms with Crippen LogP contribution in [0.5, 0.6) is 5.75 Å². The zero-order chi connectivity index (χ0) is 24.3. The van der Waals surface area contributed by atoms with Gasteiger partial charge in [-0.1, -0.05) is 42.1 Å². The average molecular weight is 497 g/mol. The maximum absolute atomic E-state index is 12.9. The molecule has 174 valence electrons. The molecule has 0 radical (unpaired) electrons. The van der Waals surface area contributed by atoms with Crippen molar-refractivity contribution in [3.63, 3.8) is 0 Å². The van der Waals surface area contributed by atoms with Gasteiger partial charge in [0.05, 0.1) is 11.5 Å². The van der Waals surface area contributed by atoms with Gasteiger partial charge in [-0.15, -0.1) is 5.10 Å². The molecule has 1 aliphatic heterocycles. The number of benzene rings is 3. The van der Waals surface area contributed by atoms with Gasteiger partial charge in [-0.3, -0.25) is 9.59 Å². The summed E-state index contributed by atoms with van der Waals surface area (Å²) in [6, 6.07) is 16.3. The molecule has 2 N–H and O–H groups in total. The van der Waals surface area contributed by atoms with Gasteiger partial charge in [0.1, 0.15) is 4.90 Å². The standard InChI is InChI=1S/C23H20N4O5S2/c1-14-22(29)26-23(33-14)27-24-13-20-19-6-4-3-5-16(19)7-12-21(20)32-34(30,31)18-10-8-17(9-11-18)25-15(2)28/h3-14H,1-2H3,(H,25,28)(H,26,27,29)/b24-13+. The van der Waals surface area contributed by atoms with Gasteiger partial charge in [0.2, 0.25) is 11.8 Å². The van der Waals surface area contributed by atoms with Gasteiger partial charge in [-0.25, -0.2) is 0 Å². The van der Waals surface area contributed by atoms with E-state index in [-0.39, 0.29) is 27.7 Å². The van der Waals surface area contributed by atoms with E-state index in [1.54, 1.807) is 19.1 Å². The van der Waals surface area contributed by atoms with Crippen LogP contribution < -0.4 is 14.8 Å². The minimum absolute atomic E-state index is 0.0723. The van der Waals surface area contributed by atoms with E-state index in [1.165, 1.54) is 49.2 Å². The van der Waals surface area contributed by atoms with Gasteiger partial charge in [0.15, 0.2) is 10.9 Å². The Morgan fingerprint density at radius 2 is 1.85 bits per heavy atom. The molecule has 1 aliphatic rings. The fourth-order valence-corrected chi connectivity index (χ4v) is 4.90. The first-order valence-electron chi connectivity index (χ1n) is 10.2. The van der Waals surface area contributed by atoms with Crippen LogP contribution in [0.1, 0.15) is 19.4 Å². The van der Waals surface area contributed by atoms with Crippen LogP contribution in [-0.4, -0.2) is 36.9 Å². The highest BCUT2D eigenvalue weighted by Gasteiger charge is 2.25. The summed E-state index contributed by atoms with van der Waals surface area (Å²) in [5.74, 6) is -0.339. The number of hydrogen-bond donors (Lipinski definition) is 2. The van der Waals surface area contributed by atoms with Crippen molar-refractivity contribution in [2.75, 3.05) is 5.32 Å². The predicted octanol–water partition coefficient (Wildman–Crippen LogP) is 3.51. The largest absolute Gasteiger partial charge is 0.378 e. The summed E-state index contributed by atoms with van der Waals surface area (Å²) in [5, 5.41) is 15.0. The van der Waals surface area contributed by atoms with E-state index in [0.717, 1.165) is 10.8 Å². The molecule has 3 aromatic rings. The van der Waals surface area contributed by atoms with E-state index in [4.69, 9.17) is 4.18 Å². The molecule has 1 unspecified atom stereocenters. The lowest BCUT2D eigenvalue weighted by Crippen LogP contribution is -2.23. The Balaban J connectivity index is 1.67. The maximum Gasteiger partial charge on any atom is 0.339 e. The lowest BCUT2D eigenvalue weighted by atomic mass is 10.0. The number of carbonyl (C=O) groups is 2. The summed E-state index contributed by atoms with van der Waals surface area (Å²) in [4.78, 5) is 22.8. The highest BCUT2D eigenvalue weighted by molar-refractivity contribution is 8.15. The van der Waals surface area contributed by atoms with Gasteiger partial charge in [0, 0.05) is 18.2 Å². The molecule has 1 atom stereocenters. The van der Waals surface area contributed by atoms with Gasteiger partial charge < -0.3 is 14.8 Å². The molecule has 0 spiro atoms. The third kappa shape index (κ3) is 5.26. The van der Waals surface area contributed by atoms with Gasteiger partial charge in [-0.2, -0.15) is 13.5 Å². The van der Waals surface area contributed by atoms with Crippen LogP contribution in [0, 0.1) is 0 Å². The molecule has 0 saturated carbocycles. The van der Waals surface area contributed by atoms with Crippen molar-refractivity contribution in [3.8, 4) is 5.75 Å².